The summed E-state index contributed by atoms with van der Waals surface area (Å²) in [7, 11) is -4.06. The summed E-state index contributed by atoms with van der Waals surface area (Å²) < 4.78 is 72.6. The van der Waals surface area contributed by atoms with Gasteiger partial charge >= 0.3 is 5.97 Å². The van der Waals surface area contributed by atoms with Crippen LogP contribution in [-0.2, 0) is 39.9 Å². The van der Waals surface area contributed by atoms with Crippen molar-refractivity contribution in [3.8, 4) is 5.75 Å². The zero-order valence-electron chi connectivity index (χ0n) is 31.8. The highest BCUT2D eigenvalue weighted by atomic mass is 32.2. The Morgan fingerprint density at radius 2 is 1.87 bits per heavy atom. The van der Waals surface area contributed by atoms with Gasteiger partial charge < -0.3 is 19.7 Å². The molecule has 12 nitrogen and oxygen atoms in total. The second-order valence-corrected chi connectivity index (χ2v) is 19.2. The van der Waals surface area contributed by atoms with Crippen molar-refractivity contribution in [3.05, 3.63) is 47.7 Å². The number of alkyl halides is 2. The molecular formula is C40H50F2N4O8S. The number of nitrogens with zero attached hydrogens (tertiary/aromatic N) is 2. The van der Waals surface area contributed by atoms with E-state index >= 15 is 8.78 Å². The van der Waals surface area contributed by atoms with E-state index in [4.69, 9.17) is 9.47 Å². The minimum absolute atomic E-state index is 0.0631. The van der Waals surface area contributed by atoms with Crippen molar-refractivity contribution in [2.45, 2.75) is 126 Å². The molecule has 3 aliphatic heterocycles. The predicted octanol–water partition coefficient (Wildman–Crippen LogP) is 5.36. The van der Waals surface area contributed by atoms with E-state index in [0.29, 0.717) is 37.6 Å². The number of pyridine rings is 1. The molecule has 7 rings (SSSR count). The number of hydrogen-bond donors (Lipinski definition) is 2. The SMILES string of the molecule is Cc1nc2ccccc2c2c1O[C@@]1(C[C@H]3C(=O)N[C@]4(C(=O)NS(=O)(=O)C5(C)CC5)C[C@H]4/C=C\CCCCC[C@H](CC(=O)OCC(C)C)C(=O)N3C1)CC2(F)F. The fourth-order valence-corrected chi connectivity index (χ4v) is 9.70. The third-order valence-electron chi connectivity index (χ3n) is 12.0. The Hall–Kier alpha value is -4.14. The number of allylic oxidation sites excluding steroid dienone is 1. The van der Waals surface area contributed by atoms with E-state index in [1.807, 2.05) is 19.9 Å². The van der Waals surface area contributed by atoms with Crippen LogP contribution in [0.2, 0.25) is 0 Å². The van der Waals surface area contributed by atoms with Gasteiger partial charge in [0.15, 0.2) is 5.75 Å². The van der Waals surface area contributed by atoms with E-state index in [0.717, 1.165) is 12.8 Å². The Labute approximate surface area is 320 Å². The Morgan fingerprint density at radius 1 is 1.13 bits per heavy atom. The molecule has 55 heavy (non-hydrogen) atoms. The molecule has 5 aliphatic rings. The van der Waals surface area contributed by atoms with Crippen LogP contribution in [0.5, 0.6) is 5.75 Å². The smallest absolute Gasteiger partial charge is 0.306 e. The second kappa shape index (κ2) is 14.1. The number of carbonyl (C=O) groups excluding carboxylic acids is 4. The number of aryl methyl sites for hydroxylation is 1. The van der Waals surface area contributed by atoms with E-state index < -0.39 is 86.4 Å². The highest BCUT2D eigenvalue weighted by Crippen LogP contribution is 2.54. The standard InChI is InChI=1S/C40H50F2N4O8S/c1-24(2)21-53-31(47)18-26-12-8-6-5-7-9-13-27-19-39(27,36(50)45-55(51,52)37(4)16-17-37)44-34(48)30-20-38(23-46(30)35(26)49)22-40(41,42)32-28-14-10-11-15-29(28)43-25(3)33(32)54-38/h9-11,13-15,24,26-27,30H,5-8,12,16-23H2,1-4H3,(H,44,48)(H,45,50)/b13-9-/t26-,27-,30+,38+,39-/m1/s1. The molecule has 1 aromatic carbocycles. The monoisotopic (exact) mass is 784 g/mol. The lowest BCUT2D eigenvalue weighted by molar-refractivity contribution is -0.151. The second-order valence-electron chi connectivity index (χ2n) is 17.0. The molecule has 2 N–H and O–H groups in total. The van der Waals surface area contributed by atoms with Gasteiger partial charge in [-0.1, -0.05) is 57.0 Å². The molecule has 0 radical (unpaired) electrons. The highest BCUT2D eigenvalue weighted by molar-refractivity contribution is 7.91. The van der Waals surface area contributed by atoms with Gasteiger partial charge in [0, 0.05) is 23.6 Å². The van der Waals surface area contributed by atoms with E-state index in [1.165, 1.54) is 4.90 Å². The van der Waals surface area contributed by atoms with Crippen LogP contribution in [0.3, 0.4) is 0 Å². The van der Waals surface area contributed by atoms with Gasteiger partial charge in [-0.3, -0.25) is 23.9 Å². The molecule has 298 valence electrons. The van der Waals surface area contributed by atoms with Crippen LogP contribution in [0.15, 0.2) is 36.4 Å². The van der Waals surface area contributed by atoms with Gasteiger partial charge in [-0.25, -0.2) is 22.2 Å². The van der Waals surface area contributed by atoms with Crippen LogP contribution in [0.25, 0.3) is 10.9 Å². The molecule has 0 bridgehead atoms. The fourth-order valence-electron chi connectivity index (χ4n) is 8.39. The Kier molecular flexibility index (Phi) is 10.0. The Bertz CT molecular complexity index is 2050. The zero-order valence-corrected chi connectivity index (χ0v) is 32.6. The van der Waals surface area contributed by atoms with Crippen LogP contribution >= 0.6 is 0 Å². The predicted molar refractivity (Wildman–Crippen MR) is 198 cm³/mol. The van der Waals surface area contributed by atoms with Crippen molar-refractivity contribution in [1.29, 1.82) is 0 Å². The van der Waals surface area contributed by atoms with E-state index in [2.05, 4.69) is 15.0 Å². The van der Waals surface area contributed by atoms with E-state index in [9.17, 15) is 27.6 Å². The zero-order chi connectivity index (χ0) is 39.6. The van der Waals surface area contributed by atoms with Crippen molar-refractivity contribution >= 4 is 44.6 Å². The number of sulfonamides is 1. The minimum Gasteiger partial charge on any atom is -0.483 e. The largest absolute Gasteiger partial charge is 0.483 e. The molecule has 4 heterocycles. The number of amides is 3. The number of ether oxygens (including phenoxy) is 2. The van der Waals surface area contributed by atoms with Crippen molar-refractivity contribution in [2.75, 3.05) is 13.2 Å². The number of para-hydroxylation sites is 1. The summed E-state index contributed by atoms with van der Waals surface area (Å²) in [6, 6.07) is 5.17. The lowest BCUT2D eigenvalue weighted by Gasteiger charge is -2.40. The van der Waals surface area contributed by atoms with Gasteiger partial charge in [0.2, 0.25) is 21.8 Å². The summed E-state index contributed by atoms with van der Waals surface area (Å²) in [6.45, 7) is 6.67. The van der Waals surface area contributed by atoms with Crippen LogP contribution in [0.4, 0.5) is 8.78 Å². The number of hydrogen-bond acceptors (Lipinski definition) is 9. The molecule has 5 atom stereocenters. The maximum atomic E-state index is 16.6. The summed E-state index contributed by atoms with van der Waals surface area (Å²) in [6.07, 6.45) is 6.18. The number of esters is 1. The number of carbonyl (C=O) groups is 4. The molecule has 1 saturated heterocycles. The maximum Gasteiger partial charge on any atom is 0.306 e. The van der Waals surface area contributed by atoms with Gasteiger partial charge in [-0.15, -0.1) is 0 Å². The Balaban J connectivity index is 1.26. The van der Waals surface area contributed by atoms with Crippen LogP contribution in [-0.4, -0.2) is 77.1 Å². The molecule has 2 aromatic rings. The van der Waals surface area contributed by atoms with Crippen LogP contribution < -0.4 is 14.8 Å². The summed E-state index contributed by atoms with van der Waals surface area (Å²) in [5, 5.41) is 3.04. The summed E-state index contributed by atoms with van der Waals surface area (Å²) in [4.78, 5) is 62.0. The normalized spacial score (nSPS) is 30.5. The fraction of sp³-hybridized carbons (Fsp3) is 0.625. The Morgan fingerprint density at radius 3 is 2.60 bits per heavy atom. The number of fused-ring (bicyclic) bond motifs is 5. The average molecular weight is 785 g/mol. The summed E-state index contributed by atoms with van der Waals surface area (Å²) in [5.41, 5.74) is -3.07. The lowest BCUT2D eigenvalue weighted by atomic mass is 9.84. The molecule has 2 aliphatic carbocycles. The first kappa shape index (κ1) is 39.1. The topological polar surface area (TPSA) is 161 Å². The number of halogens is 2. The molecule has 1 aromatic heterocycles. The van der Waals surface area contributed by atoms with Gasteiger partial charge in [0.05, 0.1) is 47.5 Å². The van der Waals surface area contributed by atoms with Gasteiger partial charge in [0.25, 0.3) is 11.8 Å². The van der Waals surface area contributed by atoms with Crippen molar-refractivity contribution in [3.63, 3.8) is 0 Å². The molecular weight excluding hydrogens is 735 g/mol. The third kappa shape index (κ3) is 7.44. The molecule has 2 saturated carbocycles. The van der Waals surface area contributed by atoms with Crippen molar-refractivity contribution in [2.24, 2.45) is 17.8 Å². The highest BCUT2D eigenvalue weighted by Gasteiger charge is 2.65. The number of nitrogens with one attached hydrogen (secondary N) is 2. The first-order valence-electron chi connectivity index (χ1n) is 19.4. The first-order chi connectivity index (χ1) is 25.9. The summed E-state index contributed by atoms with van der Waals surface area (Å²) >= 11 is 0. The van der Waals surface area contributed by atoms with E-state index in [-0.39, 0.29) is 54.2 Å². The van der Waals surface area contributed by atoms with Crippen molar-refractivity contribution in [1.82, 2.24) is 19.9 Å². The lowest BCUT2D eigenvalue weighted by Crippen LogP contribution is -2.57. The maximum absolute atomic E-state index is 16.6. The molecule has 15 heteroatoms. The molecule has 0 unspecified atom stereocenters. The number of aromatic nitrogens is 1. The van der Waals surface area contributed by atoms with E-state index in [1.54, 1.807) is 44.2 Å². The quantitative estimate of drug-likeness (QED) is 0.279. The third-order valence-corrected chi connectivity index (χ3v) is 14.1. The van der Waals surface area contributed by atoms with Crippen molar-refractivity contribution < 1.29 is 45.9 Å². The summed E-state index contributed by atoms with van der Waals surface area (Å²) in [5.74, 6) is -7.77. The van der Waals surface area contributed by atoms with Crippen LogP contribution in [0.1, 0.15) is 103 Å². The van der Waals surface area contributed by atoms with Crippen LogP contribution in [0, 0.1) is 24.7 Å². The molecule has 3 fully saturated rings. The van der Waals surface area contributed by atoms with Gasteiger partial charge in [0.1, 0.15) is 17.2 Å². The number of rotatable bonds is 7. The molecule has 3 amide bonds. The van der Waals surface area contributed by atoms with Gasteiger partial charge in [-0.2, -0.15) is 0 Å². The first-order valence-corrected chi connectivity index (χ1v) is 20.9. The number of benzene rings is 1. The average Bonchev–Trinajstić information content (AvgIpc) is 4.00. The van der Waals surface area contributed by atoms with Gasteiger partial charge in [-0.05, 0) is 64.4 Å². The molecule has 1 spiro atoms. The minimum atomic E-state index is -4.06.